The molecule has 1 atom stereocenters. The molecule has 19 heavy (non-hydrogen) atoms. The number of alkyl halides is 1. The van der Waals surface area contributed by atoms with Gasteiger partial charge in [0.05, 0.1) is 12.0 Å². The number of methoxy groups -OCH3 is 1. The maximum Gasteiger partial charge on any atom is 0.311 e. The van der Waals surface area contributed by atoms with Crippen LogP contribution < -0.4 is 4.74 Å². The van der Waals surface area contributed by atoms with E-state index in [2.05, 4.69) is 36.7 Å². The van der Waals surface area contributed by atoms with Gasteiger partial charge in [-0.05, 0) is 29.9 Å². The van der Waals surface area contributed by atoms with Gasteiger partial charge in [0.25, 0.3) is 0 Å². The Bertz CT molecular complexity index is 454. The van der Waals surface area contributed by atoms with Crippen molar-refractivity contribution in [3.63, 3.8) is 0 Å². The molecule has 5 heteroatoms. The number of ether oxygens (including phenoxy) is 1. The summed E-state index contributed by atoms with van der Waals surface area (Å²) in [7, 11) is 1.44. The van der Waals surface area contributed by atoms with Crippen molar-refractivity contribution in [1.29, 1.82) is 0 Å². The number of nitrogens with zero attached hydrogens (tertiary/aromatic N) is 1. The van der Waals surface area contributed by atoms with E-state index in [1.54, 1.807) is 12.1 Å². The smallest absolute Gasteiger partial charge is 0.311 e. The summed E-state index contributed by atoms with van der Waals surface area (Å²) < 4.78 is 4.99. The Hall–Kier alpha value is -1.10. The first-order valence-corrected chi connectivity index (χ1v) is 7.12. The summed E-state index contributed by atoms with van der Waals surface area (Å²) in [5, 5.41) is 10.9. The van der Waals surface area contributed by atoms with Crippen molar-refractivity contribution in [3.8, 4) is 5.75 Å². The molecule has 1 unspecified atom stereocenters. The summed E-state index contributed by atoms with van der Waals surface area (Å²) in [5.74, 6) is 0.306. The maximum atomic E-state index is 10.9. The first-order valence-electron chi connectivity index (χ1n) is 6.21. The van der Waals surface area contributed by atoms with E-state index < -0.39 is 4.92 Å². The van der Waals surface area contributed by atoms with Crippen molar-refractivity contribution in [2.45, 2.75) is 38.4 Å². The number of halogens is 1. The largest absolute Gasteiger partial charge is 0.490 e. The molecule has 1 rings (SSSR count). The molecule has 0 aliphatic heterocycles. The average molecular weight is 330 g/mol. The van der Waals surface area contributed by atoms with Crippen LogP contribution in [0.15, 0.2) is 18.2 Å². The molecule has 0 radical (unpaired) electrons. The van der Waals surface area contributed by atoms with E-state index in [1.165, 1.54) is 7.11 Å². The van der Waals surface area contributed by atoms with Crippen molar-refractivity contribution in [2.24, 2.45) is 5.41 Å². The van der Waals surface area contributed by atoms with E-state index in [4.69, 9.17) is 4.74 Å². The molecule has 0 aromatic heterocycles. The Morgan fingerprint density at radius 1 is 1.42 bits per heavy atom. The Morgan fingerprint density at radius 2 is 2.05 bits per heavy atom. The Labute approximate surface area is 122 Å². The summed E-state index contributed by atoms with van der Waals surface area (Å²) in [5.41, 5.74) is 1.17. The highest BCUT2D eigenvalue weighted by Crippen LogP contribution is 2.32. The predicted molar refractivity (Wildman–Crippen MR) is 80.1 cm³/mol. The van der Waals surface area contributed by atoms with Crippen molar-refractivity contribution in [2.75, 3.05) is 7.11 Å². The van der Waals surface area contributed by atoms with Gasteiger partial charge in [0.2, 0.25) is 0 Å². The first kappa shape index (κ1) is 16.0. The van der Waals surface area contributed by atoms with Gasteiger partial charge in [-0.3, -0.25) is 10.1 Å². The van der Waals surface area contributed by atoms with E-state index in [-0.39, 0.29) is 11.1 Å². The van der Waals surface area contributed by atoms with E-state index >= 15 is 0 Å². The number of benzene rings is 1. The summed E-state index contributed by atoms with van der Waals surface area (Å²) in [4.78, 5) is 10.9. The molecular formula is C14H20BrNO3. The third kappa shape index (κ3) is 4.49. The molecule has 0 saturated heterocycles. The maximum absolute atomic E-state index is 10.9. The molecule has 0 aliphatic carbocycles. The Balaban J connectivity index is 2.81. The third-order valence-corrected chi connectivity index (χ3v) is 4.90. The molecule has 1 aromatic rings. The number of hydrogen-bond donors (Lipinski definition) is 0. The minimum atomic E-state index is -0.405. The van der Waals surface area contributed by atoms with Crippen molar-refractivity contribution in [1.82, 2.24) is 0 Å². The SMILES string of the molecule is COc1ccc(CCC(Br)C(C)(C)C)cc1[N+](=O)[O-]. The molecule has 0 saturated carbocycles. The minimum Gasteiger partial charge on any atom is -0.490 e. The minimum absolute atomic E-state index is 0.0295. The summed E-state index contributed by atoms with van der Waals surface area (Å²) >= 11 is 3.67. The predicted octanol–water partition coefficient (Wildman–Crippen LogP) is 4.35. The zero-order valence-corrected chi connectivity index (χ0v) is 13.4. The fourth-order valence-electron chi connectivity index (χ4n) is 1.76. The van der Waals surface area contributed by atoms with Crippen LogP contribution in [0.3, 0.4) is 0 Å². The lowest BCUT2D eigenvalue weighted by Gasteiger charge is -2.25. The average Bonchev–Trinajstić information content (AvgIpc) is 2.34. The quantitative estimate of drug-likeness (QED) is 0.458. The molecule has 0 aliphatic rings. The fraction of sp³-hybridized carbons (Fsp3) is 0.571. The van der Waals surface area contributed by atoms with E-state index in [0.29, 0.717) is 10.6 Å². The van der Waals surface area contributed by atoms with Gasteiger partial charge in [-0.2, -0.15) is 0 Å². The van der Waals surface area contributed by atoms with E-state index in [1.807, 2.05) is 6.07 Å². The second-order valence-electron chi connectivity index (χ2n) is 5.64. The topological polar surface area (TPSA) is 52.4 Å². The molecule has 1 aromatic carbocycles. The van der Waals surface area contributed by atoms with Crippen molar-refractivity contribution < 1.29 is 9.66 Å². The molecule has 4 nitrogen and oxygen atoms in total. The van der Waals surface area contributed by atoms with Gasteiger partial charge in [0.15, 0.2) is 5.75 Å². The lowest BCUT2D eigenvalue weighted by molar-refractivity contribution is -0.385. The van der Waals surface area contributed by atoms with Gasteiger partial charge in [-0.1, -0.05) is 42.8 Å². The van der Waals surface area contributed by atoms with Crippen LogP contribution in [0.4, 0.5) is 5.69 Å². The highest BCUT2D eigenvalue weighted by Gasteiger charge is 2.22. The van der Waals surface area contributed by atoms with Crippen LogP contribution >= 0.6 is 15.9 Å². The van der Waals surface area contributed by atoms with Crippen LogP contribution in [-0.2, 0) is 6.42 Å². The van der Waals surface area contributed by atoms with Crippen molar-refractivity contribution >= 4 is 21.6 Å². The zero-order chi connectivity index (χ0) is 14.6. The van der Waals surface area contributed by atoms with Gasteiger partial charge in [0, 0.05) is 10.9 Å². The number of hydrogen-bond acceptors (Lipinski definition) is 3. The van der Waals surface area contributed by atoms with Gasteiger partial charge >= 0.3 is 5.69 Å². The molecule has 0 heterocycles. The lowest BCUT2D eigenvalue weighted by atomic mass is 9.89. The van der Waals surface area contributed by atoms with Crippen molar-refractivity contribution in [3.05, 3.63) is 33.9 Å². The Kier molecular flexibility index (Phi) is 5.35. The molecule has 0 bridgehead atoms. The standard InChI is InChI=1S/C14H20BrNO3/c1-14(2,3)13(15)8-6-10-5-7-12(19-4)11(9-10)16(17)18/h5,7,9,13H,6,8H2,1-4H3. The number of aryl methyl sites for hydroxylation is 1. The van der Waals surface area contributed by atoms with Crippen LogP contribution in [0.5, 0.6) is 5.75 Å². The molecule has 0 amide bonds. The Morgan fingerprint density at radius 3 is 2.53 bits per heavy atom. The molecule has 0 spiro atoms. The molecular weight excluding hydrogens is 310 g/mol. The second kappa shape index (κ2) is 6.37. The van der Waals surface area contributed by atoms with Crippen LogP contribution in [0.25, 0.3) is 0 Å². The van der Waals surface area contributed by atoms with Gasteiger partial charge in [0.1, 0.15) is 0 Å². The first-order chi connectivity index (χ1) is 8.75. The highest BCUT2D eigenvalue weighted by atomic mass is 79.9. The second-order valence-corrected chi connectivity index (χ2v) is 6.74. The third-order valence-electron chi connectivity index (χ3n) is 3.07. The molecule has 0 N–H and O–H groups in total. The van der Waals surface area contributed by atoms with E-state index in [9.17, 15) is 10.1 Å². The normalized spacial score (nSPS) is 13.1. The highest BCUT2D eigenvalue weighted by molar-refractivity contribution is 9.09. The van der Waals surface area contributed by atoms with E-state index in [0.717, 1.165) is 18.4 Å². The van der Waals surface area contributed by atoms with Crippen LogP contribution in [0.2, 0.25) is 0 Å². The lowest BCUT2D eigenvalue weighted by Crippen LogP contribution is -2.20. The van der Waals surface area contributed by atoms with Crippen LogP contribution in [-0.4, -0.2) is 16.9 Å². The van der Waals surface area contributed by atoms with Crippen LogP contribution in [0.1, 0.15) is 32.8 Å². The summed E-state index contributed by atoms with van der Waals surface area (Å²) in [6.07, 6.45) is 1.74. The molecule has 106 valence electrons. The van der Waals surface area contributed by atoms with Crippen LogP contribution in [0, 0.1) is 15.5 Å². The molecule has 0 fully saturated rings. The van der Waals surface area contributed by atoms with Gasteiger partial charge in [-0.15, -0.1) is 0 Å². The number of rotatable bonds is 5. The summed E-state index contributed by atoms with van der Waals surface area (Å²) in [6, 6.07) is 5.14. The number of nitro benzene ring substituents is 1. The van der Waals surface area contributed by atoms with Gasteiger partial charge < -0.3 is 4.74 Å². The fourth-order valence-corrected chi connectivity index (χ4v) is 1.99. The number of nitro groups is 1. The summed E-state index contributed by atoms with van der Waals surface area (Å²) in [6.45, 7) is 6.51. The van der Waals surface area contributed by atoms with Gasteiger partial charge in [-0.25, -0.2) is 0 Å². The zero-order valence-electron chi connectivity index (χ0n) is 11.8. The monoisotopic (exact) mass is 329 g/mol.